The first kappa shape index (κ1) is 10.4. The van der Waals surface area contributed by atoms with Crippen LogP contribution in [0.25, 0.3) is 0 Å². The molecule has 1 atom stereocenters. The van der Waals surface area contributed by atoms with Crippen molar-refractivity contribution in [1.82, 2.24) is 5.32 Å². The molecule has 0 fully saturated rings. The monoisotopic (exact) mass is 159 g/mol. The van der Waals surface area contributed by atoms with Crippen molar-refractivity contribution in [2.24, 2.45) is 17.4 Å². The summed E-state index contributed by atoms with van der Waals surface area (Å²) in [5.74, 6) is 0.0539. The summed E-state index contributed by atoms with van der Waals surface area (Å²) in [7, 11) is 0. The van der Waals surface area contributed by atoms with Crippen molar-refractivity contribution >= 4 is 5.91 Å². The lowest BCUT2D eigenvalue weighted by Crippen LogP contribution is -2.45. The van der Waals surface area contributed by atoms with E-state index in [0.29, 0.717) is 13.1 Å². The molecule has 0 bridgehead atoms. The molecule has 0 unspecified atom stereocenters. The molecule has 0 heterocycles. The van der Waals surface area contributed by atoms with E-state index in [2.05, 4.69) is 5.32 Å². The van der Waals surface area contributed by atoms with Gasteiger partial charge in [0, 0.05) is 13.1 Å². The number of nitrogens with two attached hydrogens (primary N) is 2. The van der Waals surface area contributed by atoms with Crippen LogP contribution in [-0.2, 0) is 4.79 Å². The predicted molar refractivity (Wildman–Crippen MR) is 44.9 cm³/mol. The highest BCUT2D eigenvalue weighted by Gasteiger charge is 2.15. The van der Waals surface area contributed by atoms with Crippen LogP contribution in [0.1, 0.15) is 13.8 Å². The van der Waals surface area contributed by atoms with Crippen LogP contribution >= 0.6 is 0 Å². The SMILES string of the molecule is CC(C)[C@@H](N)C(=O)NCCN. The van der Waals surface area contributed by atoms with Crippen LogP contribution in [0.3, 0.4) is 0 Å². The second kappa shape index (κ2) is 5.09. The number of carbonyl (C=O) groups is 1. The van der Waals surface area contributed by atoms with Crippen LogP contribution in [0, 0.1) is 5.92 Å². The Morgan fingerprint density at radius 2 is 2.09 bits per heavy atom. The maximum Gasteiger partial charge on any atom is 0.237 e. The second-order valence-corrected chi connectivity index (χ2v) is 2.85. The van der Waals surface area contributed by atoms with Crippen molar-refractivity contribution < 1.29 is 4.79 Å². The smallest absolute Gasteiger partial charge is 0.237 e. The summed E-state index contributed by atoms with van der Waals surface area (Å²) in [5.41, 5.74) is 10.7. The lowest BCUT2D eigenvalue weighted by atomic mass is 10.1. The van der Waals surface area contributed by atoms with Crippen LogP contribution in [0.2, 0.25) is 0 Å². The summed E-state index contributed by atoms with van der Waals surface area (Å²) in [6.45, 7) is 4.77. The zero-order chi connectivity index (χ0) is 8.85. The van der Waals surface area contributed by atoms with Crippen LogP contribution in [0.4, 0.5) is 0 Å². The van der Waals surface area contributed by atoms with Gasteiger partial charge in [0.25, 0.3) is 0 Å². The molecule has 0 radical (unpaired) electrons. The minimum absolute atomic E-state index is 0.120. The molecule has 66 valence electrons. The molecule has 0 spiro atoms. The maximum atomic E-state index is 11.1. The lowest BCUT2D eigenvalue weighted by Gasteiger charge is -2.14. The highest BCUT2D eigenvalue weighted by Crippen LogP contribution is 1.96. The molecule has 1 amide bonds. The van der Waals surface area contributed by atoms with E-state index in [0.717, 1.165) is 0 Å². The standard InChI is InChI=1S/C7H17N3O/c1-5(2)6(9)7(11)10-4-3-8/h5-6H,3-4,8-9H2,1-2H3,(H,10,11)/t6-/m1/s1. The van der Waals surface area contributed by atoms with Gasteiger partial charge in [-0.2, -0.15) is 0 Å². The first-order valence-corrected chi connectivity index (χ1v) is 3.83. The molecule has 0 aliphatic rings. The van der Waals surface area contributed by atoms with E-state index in [9.17, 15) is 4.79 Å². The third-order valence-electron chi connectivity index (χ3n) is 1.46. The Bertz CT molecular complexity index is 125. The Morgan fingerprint density at radius 1 is 1.55 bits per heavy atom. The molecule has 0 aliphatic heterocycles. The third kappa shape index (κ3) is 3.95. The fraction of sp³-hybridized carbons (Fsp3) is 0.857. The number of rotatable bonds is 4. The molecule has 0 aromatic carbocycles. The zero-order valence-electron chi connectivity index (χ0n) is 7.13. The minimum Gasteiger partial charge on any atom is -0.353 e. The van der Waals surface area contributed by atoms with Crippen LogP contribution in [0.5, 0.6) is 0 Å². The van der Waals surface area contributed by atoms with Gasteiger partial charge in [-0.3, -0.25) is 4.79 Å². The molecular formula is C7H17N3O. The number of amides is 1. The van der Waals surface area contributed by atoms with Gasteiger partial charge in [0.1, 0.15) is 0 Å². The molecule has 4 nitrogen and oxygen atoms in total. The van der Waals surface area contributed by atoms with E-state index in [1.807, 2.05) is 13.8 Å². The first-order chi connectivity index (χ1) is 5.09. The molecular weight excluding hydrogens is 142 g/mol. The Kier molecular flexibility index (Phi) is 4.81. The van der Waals surface area contributed by atoms with E-state index < -0.39 is 6.04 Å². The predicted octanol–water partition coefficient (Wildman–Crippen LogP) is -0.955. The Hall–Kier alpha value is -0.610. The van der Waals surface area contributed by atoms with Crippen LogP contribution < -0.4 is 16.8 Å². The van der Waals surface area contributed by atoms with E-state index in [4.69, 9.17) is 11.5 Å². The summed E-state index contributed by atoms with van der Waals surface area (Å²) in [6.07, 6.45) is 0. The Morgan fingerprint density at radius 3 is 2.45 bits per heavy atom. The summed E-state index contributed by atoms with van der Waals surface area (Å²) in [5, 5.41) is 2.62. The number of hydrogen-bond donors (Lipinski definition) is 3. The van der Waals surface area contributed by atoms with Crippen LogP contribution in [0.15, 0.2) is 0 Å². The van der Waals surface area contributed by atoms with E-state index in [-0.39, 0.29) is 11.8 Å². The fourth-order valence-corrected chi connectivity index (χ4v) is 0.616. The second-order valence-electron chi connectivity index (χ2n) is 2.85. The third-order valence-corrected chi connectivity index (χ3v) is 1.46. The van der Waals surface area contributed by atoms with Crippen molar-refractivity contribution in [3.63, 3.8) is 0 Å². The zero-order valence-corrected chi connectivity index (χ0v) is 7.13. The number of carbonyl (C=O) groups excluding carboxylic acids is 1. The number of hydrogen-bond acceptors (Lipinski definition) is 3. The first-order valence-electron chi connectivity index (χ1n) is 3.83. The Balaban J connectivity index is 3.64. The average Bonchev–Trinajstić information content (AvgIpc) is 1.98. The van der Waals surface area contributed by atoms with Gasteiger partial charge in [-0.15, -0.1) is 0 Å². The topological polar surface area (TPSA) is 81.1 Å². The largest absolute Gasteiger partial charge is 0.353 e. The summed E-state index contributed by atoms with van der Waals surface area (Å²) in [4.78, 5) is 11.1. The fourth-order valence-electron chi connectivity index (χ4n) is 0.616. The molecule has 0 rings (SSSR count). The molecule has 0 aliphatic carbocycles. The summed E-state index contributed by atoms with van der Waals surface area (Å²) in [6, 6.07) is -0.415. The van der Waals surface area contributed by atoms with Gasteiger partial charge in [0.15, 0.2) is 0 Å². The maximum absolute atomic E-state index is 11.1. The molecule has 0 aromatic rings. The Labute approximate surface area is 67.3 Å². The van der Waals surface area contributed by atoms with E-state index >= 15 is 0 Å². The molecule has 0 saturated heterocycles. The van der Waals surface area contributed by atoms with Crippen LogP contribution in [-0.4, -0.2) is 25.0 Å². The van der Waals surface area contributed by atoms with Gasteiger partial charge in [0.2, 0.25) is 5.91 Å². The van der Waals surface area contributed by atoms with Gasteiger partial charge in [-0.05, 0) is 5.92 Å². The van der Waals surface area contributed by atoms with E-state index in [1.165, 1.54) is 0 Å². The van der Waals surface area contributed by atoms with Crippen molar-refractivity contribution in [2.75, 3.05) is 13.1 Å². The molecule has 0 saturated carbocycles. The van der Waals surface area contributed by atoms with Gasteiger partial charge >= 0.3 is 0 Å². The van der Waals surface area contributed by atoms with Crippen molar-refractivity contribution in [3.05, 3.63) is 0 Å². The highest BCUT2D eigenvalue weighted by atomic mass is 16.2. The highest BCUT2D eigenvalue weighted by molar-refractivity contribution is 5.81. The van der Waals surface area contributed by atoms with Gasteiger partial charge in [0.05, 0.1) is 6.04 Å². The van der Waals surface area contributed by atoms with Crippen molar-refractivity contribution in [3.8, 4) is 0 Å². The van der Waals surface area contributed by atoms with Crippen molar-refractivity contribution in [2.45, 2.75) is 19.9 Å². The van der Waals surface area contributed by atoms with Gasteiger partial charge in [-0.1, -0.05) is 13.8 Å². The van der Waals surface area contributed by atoms with E-state index in [1.54, 1.807) is 0 Å². The number of nitrogens with one attached hydrogen (secondary N) is 1. The summed E-state index contributed by atoms with van der Waals surface area (Å²) >= 11 is 0. The van der Waals surface area contributed by atoms with Gasteiger partial charge < -0.3 is 16.8 Å². The lowest BCUT2D eigenvalue weighted by molar-refractivity contribution is -0.123. The molecule has 4 heteroatoms. The van der Waals surface area contributed by atoms with Gasteiger partial charge in [-0.25, -0.2) is 0 Å². The molecule has 5 N–H and O–H groups in total. The minimum atomic E-state index is -0.415. The molecule has 0 aromatic heterocycles. The quantitative estimate of drug-likeness (QED) is 0.494. The van der Waals surface area contributed by atoms with Crippen molar-refractivity contribution in [1.29, 1.82) is 0 Å². The average molecular weight is 159 g/mol. The summed E-state index contributed by atoms with van der Waals surface area (Å²) < 4.78 is 0. The molecule has 11 heavy (non-hydrogen) atoms. The normalized spacial score (nSPS) is 13.2.